The van der Waals surface area contributed by atoms with Gasteiger partial charge in [-0.25, -0.2) is 0 Å². The minimum atomic E-state index is -0.774. The van der Waals surface area contributed by atoms with E-state index in [1.165, 1.54) is 0 Å². The first-order valence-electron chi connectivity index (χ1n) is 7.82. The lowest BCUT2D eigenvalue weighted by Crippen LogP contribution is -2.43. The van der Waals surface area contributed by atoms with Crippen molar-refractivity contribution in [2.45, 2.75) is 39.0 Å². The number of nitrogens with zero attached hydrogens (tertiary/aromatic N) is 2. The van der Waals surface area contributed by atoms with Crippen molar-refractivity contribution in [2.75, 3.05) is 26.2 Å². The number of carbonyl (C=O) groups excluding carboxylic acids is 2. The Morgan fingerprint density at radius 1 is 1.24 bits per heavy atom. The maximum absolute atomic E-state index is 12.4. The van der Waals surface area contributed by atoms with E-state index < -0.39 is 5.97 Å². The Bertz CT molecular complexity index is 416. The quantitative estimate of drug-likeness (QED) is 0.819. The minimum absolute atomic E-state index is 0.0196. The van der Waals surface area contributed by atoms with Crippen molar-refractivity contribution in [3.8, 4) is 0 Å². The van der Waals surface area contributed by atoms with Crippen LogP contribution in [0, 0.1) is 11.8 Å². The van der Waals surface area contributed by atoms with Gasteiger partial charge in [-0.05, 0) is 19.3 Å². The van der Waals surface area contributed by atoms with Gasteiger partial charge in [0.15, 0.2) is 0 Å². The van der Waals surface area contributed by atoms with Crippen LogP contribution in [0.3, 0.4) is 0 Å². The molecule has 1 N–H and O–H groups in total. The predicted octanol–water partition coefficient (Wildman–Crippen LogP) is 0.958. The first kappa shape index (κ1) is 15.8. The molecule has 6 nitrogen and oxygen atoms in total. The van der Waals surface area contributed by atoms with Gasteiger partial charge in [-0.1, -0.05) is 13.3 Å². The topological polar surface area (TPSA) is 77.9 Å². The Hall–Kier alpha value is -1.59. The summed E-state index contributed by atoms with van der Waals surface area (Å²) in [5.41, 5.74) is 0. The number of piperidine rings is 1. The summed E-state index contributed by atoms with van der Waals surface area (Å²) in [7, 11) is 0. The van der Waals surface area contributed by atoms with Gasteiger partial charge in [0.2, 0.25) is 11.8 Å². The smallest absolute Gasteiger partial charge is 0.306 e. The number of hydrogen-bond donors (Lipinski definition) is 1. The Labute approximate surface area is 125 Å². The molecule has 0 radical (unpaired) electrons. The van der Waals surface area contributed by atoms with Crippen molar-refractivity contribution in [1.82, 2.24) is 9.80 Å². The van der Waals surface area contributed by atoms with Gasteiger partial charge in [-0.2, -0.15) is 0 Å². The van der Waals surface area contributed by atoms with E-state index in [1.807, 2.05) is 0 Å². The molecule has 2 rings (SSSR count). The van der Waals surface area contributed by atoms with Gasteiger partial charge >= 0.3 is 5.97 Å². The number of carboxylic acid groups (broad SMARTS) is 1. The largest absolute Gasteiger partial charge is 0.481 e. The molecule has 2 amide bonds. The summed E-state index contributed by atoms with van der Waals surface area (Å²) in [6.45, 7) is 4.33. The highest BCUT2D eigenvalue weighted by Gasteiger charge is 2.37. The number of carboxylic acids is 1. The molecular weight excluding hydrogens is 272 g/mol. The molecule has 2 fully saturated rings. The van der Waals surface area contributed by atoms with Gasteiger partial charge in [0, 0.05) is 32.6 Å². The number of aliphatic carboxylic acids is 1. The van der Waals surface area contributed by atoms with Gasteiger partial charge in [-0.3, -0.25) is 14.4 Å². The van der Waals surface area contributed by atoms with Crippen LogP contribution in [0.5, 0.6) is 0 Å². The lowest BCUT2D eigenvalue weighted by atomic mass is 9.95. The second kappa shape index (κ2) is 6.91. The molecule has 1 atom stereocenters. The summed E-state index contributed by atoms with van der Waals surface area (Å²) in [5, 5.41) is 8.97. The molecule has 0 saturated carbocycles. The number of carbonyl (C=O) groups is 3. The van der Waals surface area contributed by atoms with Crippen LogP contribution in [0.15, 0.2) is 0 Å². The summed E-state index contributed by atoms with van der Waals surface area (Å²) in [6, 6.07) is 0. The van der Waals surface area contributed by atoms with E-state index in [4.69, 9.17) is 5.11 Å². The Morgan fingerprint density at radius 3 is 2.48 bits per heavy atom. The van der Waals surface area contributed by atoms with Crippen LogP contribution in [0.4, 0.5) is 0 Å². The number of amides is 2. The molecule has 21 heavy (non-hydrogen) atoms. The molecule has 0 aromatic heterocycles. The van der Waals surface area contributed by atoms with E-state index in [1.54, 1.807) is 9.80 Å². The van der Waals surface area contributed by atoms with Crippen molar-refractivity contribution in [3.05, 3.63) is 0 Å². The van der Waals surface area contributed by atoms with Crippen LogP contribution in [0.1, 0.15) is 39.0 Å². The van der Waals surface area contributed by atoms with Crippen molar-refractivity contribution in [1.29, 1.82) is 0 Å². The molecule has 2 aliphatic rings. The van der Waals surface area contributed by atoms with Crippen LogP contribution in [0.25, 0.3) is 0 Å². The van der Waals surface area contributed by atoms with Gasteiger partial charge in [0.25, 0.3) is 0 Å². The highest BCUT2D eigenvalue weighted by molar-refractivity contribution is 5.89. The molecule has 118 valence electrons. The molecule has 0 aliphatic carbocycles. The molecule has 2 saturated heterocycles. The molecule has 6 heteroatoms. The van der Waals surface area contributed by atoms with E-state index in [0.29, 0.717) is 38.9 Å². The van der Waals surface area contributed by atoms with Crippen LogP contribution >= 0.6 is 0 Å². The lowest BCUT2D eigenvalue weighted by molar-refractivity contribution is -0.146. The average Bonchev–Trinajstić information content (AvgIpc) is 2.85. The minimum Gasteiger partial charge on any atom is -0.481 e. The first-order chi connectivity index (χ1) is 10.0. The van der Waals surface area contributed by atoms with Crippen molar-refractivity contribution < 1.29 is 19.5 Å². The van der Waals surface area contributed by atoms with Crippen LogP contribution in [-0.2, 0) is 14.4 Å². The van der Waals surface area contributed by atoms with E-state index in [2.05, 4.69) is 6.92 Å². The van der Waals surface area contributed by atoms with Gasteiger partial charge < -0.3 is 14.9 Å². The van der Waals surface area contributed by atoms with E-state index in [0.717, 1.165) is 19.4 Å². The zero-order valence-electron chi connectivity index (χ0n) is 12.6. The molecule has 2 aliphatic heterocycles. The standard InChI is InChI=1S/C15H24N2O4/c1-2-3-6-17-10-12(9-13(17)18)14(19)16-7-4-11(5-8-16)15(20)21/h11-12H,2-10H2,1H3,(H,20,21). The molecular formula is C15H24N2O4. The second-order valence-electron chi connectivity index (χ2n) is 6.03. The van der Waals surface area contributed by atoms with Crippen LogP contribution in [0.2, 0.25) is 0 Å². The maximum atomic E-state index is 12.4. The Balaban J connectivity index is 1.84. The SMILES string of the molecule is CCCCN1CC(C(=O)N2CCC(C(=O)O)CC2)CC1=O. The van der Waals surface area contributed by atoms with Crippen LogP contribution < -0.4 is 0 Å². The zero-order valence-corrected chi connectivity index (χ0v) is 12.6. The average molecular weight is 296 g/mol. The monoisotopic (exact) mass is 296 g/mol. The van der Waals surface area contributed by atoms with Gasteiger partial charge in [0.1, 0.15) is 0 Å². The fourth-order valence-corrected chi connectivity index (χ4v) is 3.11. The summed E-state index contributed by atoms with van der Waals surface area (Å²) >= 11 is 0. The molecule has 0 spiro atoms. The normalized spacial score (nSPS) is 23.7. The third-order valence-electron chi connectivity index (χ3n) is 4.50. The van der Waals surface area contributed by atoms with Crippen molar-refractivity contribution in [2.24, 2.45) is 11.8 Å². The molecule has 2 heterocycles. The number of rotatable bonds is 5. The van der Waals surface area contributed by atoms with E-state index >= 15 is 0 Å². The Morgan fingerprint density at radius 2 is 1.90 bits per heavy atom. The third-order valence-corrected chi connectivity index (χ3v) is 4.50. The fraction of sp³-hybridized carbons (Fsp3) is 0.800. The summed E-state index contributed by atoms with van der Waals surface area (Å²) in [6.07, 6.45) is 3.34. The first-order valence-corrected chi connectivity index (χ1v) is 7.82. The maximum Gasteiger partial charge on any atom is 0.306 e. The molecule has 1 unspecified atom stereocenters. The highest BCUT2D eigenvalue weighted by atomic mass is 16.4. The number of hydrogen-bond acceptors (Lipinski definition) is 3. The van der Waals surface area contributed by atoms with Gasteiger partial charge in [0.05, 0.1) is 11.8 Å². The van der Waals surface area contributed by atoms with Gasteiger partial charge in [-0.15, -0.1) is 0 Å². The molecule has 0 bridgehead atoms. The van der Waals surface area contributed by atoms with Crippen LogP contribution in [-0.4, -0.2) is 58.9 Å². The summed E-state index contributed by atoms with van der Waals surface area (Å²) < 4.78 is 0. The summed E-state index contributed by atoms with van der Waals surface area (Å²) in [5.74, 6) is -1.26. The predicted molar refractivity (Wildman–Crippen MR) is 76.5 cm³/mol. The third kappa shape index (κ3) is 3.74. The van der Waals surface area contributed by atoms with E-state index in [9.17, 15) is 14.4 Å². The van der Waals surface area contributed by atoms with Crippen molar-refractivity contribution in [3.63, 3.8) is 0 Å². The zero-order chi connectivity index (χ0) is 15.4. The van der Waals surface area contributed by atoms with E-state index in [-0.39, 0.29) is 23.7 Å². The number of likely N-dealkylation sites (tertiary alicyclic amines) is 2. The number of unbranched alkanes of at least 4 members (excludes halogenated alkanes) is 1. The lowest BCUT2D eigenvalue weighted by Gasteiger charge is -2.31. The highest BCUT2D eigenvalue weighted by Crippen LogP contribution is 2.24. The summed E-state index contributed by atoms with van der Waals surface area (Å²) in [4.78, 5) is 38.8. The Kier molecular flexibility index (Phi) is 5.20. The van der Waals surface area contributed by atoms with Crippen molar-refractivity contribution >= 4 is 17.8 Å². The molecule has 0 aromatic rings. The molecule has 0 aromatic carbocycles. The second-order valence-corrected chi connectivity index (χ2v) is 6.03. The fourth-order valence-electron chi connectivity index (χ4n) is 3.11.